The summed E-state index contributed by atoms with van der Waals surface area (Å²) in [6.45, 7) is 8.47. The van der Waals surface area contributed by atoms with Gasteiger partial charge in [-0.3, -0.25) is 4.79 Å². The summed E-state index contributed by atoms with van der Waals surface area (Å²) in [5, 5.41) is 0.662. The second kappa shape index (κ2) is 10.1. The van der Waals surface area contributed by atoms with Crippen LogP contribution in [0.1, 0.15) is 68.3 Å². The highest BCUT2D eigenvalue weighted by molar-refractivity contribution is 6.30. The lowest BCUT2D eigenvalue weighted by Crippen LogP contribution is -2.41. The summed E-state index contributed by atoms with van der Waals surface area (Å²) in [5.41, 5.74) is 5.10. The fraction of sp³-hybridized carbons (Fsp3) is 0.345. The normalized spacial score (nSPS) is 16.4. The van der Waals surface area contributed by atoms with Crippen LogP contribution in [0.3, 0.4) is 0 Å². The van der Waals surface area contributed by atoms with Gasteiger partial charge in [-0.2, -0.15) is 0 Å². The van der Waals surface area contributed by atoms with Crippen LogP contribution in [0.4, 0.5) is 5.69 Å². The molecule has 0 saturated heterocycles. The number of ether oxygens (including phenoxy) is 2. The summed E-state index contributed by atoms with van der Waals surface area (Å²) in [6, 6.07) is 19.7. The molecule has 0 aliphatic carbocycles. The molecule has 0 radical (unpaired) electrons. The Labute approximate surface area is 207 Å². The molecular formula is C29H32ClNO3. The molecule has 2 atom stereocenters. The average molecular weight is 478 g/mol. The molecule has 34 heavy (non-hydrogen) atoms. The number of nitrogens with zero attached hydrogens (tertiary/aromatic N) is 1. The first-order chi connectivity index (χ1) is 16.3. The quantitative estimate of drug-likeness (QED) is 0.357. The van der Waals surface area contributed by atoms with Crippen LogP contribution in [0.2, 0.25) is 5.02 Å². The SMILES string of the molecule is CCC(C)Oc1cc2c(cc1OC)CC(=O)N(c1ccc(C(C)C)cc1)C2c1ccc(Cl)cc1. The van der Waals surface area contributed by atoms with Gasteiger partial charge in [0.05, 0.1) is 25.7 Å². The van der Waals surface area contributed by atoms with Crippen molar-refractivity contribution in [3.8, 4) is 11.5 Å². The van der Waals surface area contributed by atoms with Crippen molar-refractivity contribution in [3.63, 3.8) is 0 Å². The Bertz CT molecular complexity index is 1160. The van der Waals surface area contributed by atoms with Gasteiger partial charge in [0.15, 0.2) is 11.5 Å². The van der Waals surface area contributed by atoms with Gasteiger partial charge in [0.2, 0.25) is 5.91 Å². The van der Waals surface area contributed by atoms with Crippen LogP contribution in [-0.2, 0) is 11.2 Å². The molecule has 0 fully saturated rings. The van der Waals surface area contributed by atoms with Crippen molar-refractivity contribution in [2.24, 2.45) is 0 Å². The number of methoxy groups -OCH3 is 1. The lowest BCUT2D eigenvalue weighted by atomic mass is 9.86. The van der Waals surface area contributed by atoms with Crippen LogP contribution >= 0.6 is 11.6 Å². The number of fused-ring (bicyclic) bond motifs is 1. The molecule has 0 saturated carbocycles. The Morgan fingerprint density at radius 3 is 2.26 bits per heavy atom. The summed E-state index contributed by atoms with van der Waals surface area (Å²) < 4.78 is 11.8. The number of carbonyl (C=O) groups excluding carboxylic acids is 1. The summed E-state index contributed by atoms with van der Waals surface area (Å²) in [7, 11) is 1.63. The van der Waals surface area contributed by atoms with Gasteiger partial charge in [-0.1, -0.05) is 56.6 Å². The van der Waals surface area contributed by atoms with Gasteiger partial charge in [-0.15, -0.1) is 0 Å². The van der Waals surface area contributed by atoms with E-state index in [4.69, 9.17) is 21.1 Å². The molecule has 2 unspecified atom stereocenters. The maximum absolute atomic E-state index is 13.6. The molecule has 0 N–H and O–H groups in total. The van der Waals surface area contributed by atoms with Crippen molar-refractivity contribution < 1.29 is 14.3 Å². The minimum atomic E-state index is -0.302. The lowest BCUT2D eigenvalue weighted by molar-refractivity contribution is -0.118. The van der Waals surface area contributed by atoms with Gasteiger partial charge >= 0.3 is 0 Å². The molecule has 1 aliphatic rings. The monoisotopic (exact) mass is 477 g/mol. The predicted octanol–water partition coefficient (Wildman–Crippen LogP) is 7.33. The minimum absolute atomic E-state index is 0.0439. The number of hydrogen-bond acceptors (Lipinski definition) is 3. The van der Waals surface area contributed by atoms with Crippen molar-refractivity contribution in [3.05, 3.63) is 87.9 Å². The van der Waals surface area contributed by atoms with Crippen LogP contribution in [0.25, 0.3) is 0 Å². The average Bonchev–Trinajstić information content (AvgIpc) is 2.83. The standard InChI is InChI=1S/C29H32ClNO3/c1-6-19(4)34-27-17-25-22(15-26(27)33-5)16-28(32)31(24-13-9-20(10-14-24)18(2)3)29(25)21-7-11-23(30)12-8-21/h7-15,17-19,29H,6,16H2,1-5H3. The van der Waals surface area contributed by atoms with E-state index < -0.39 is 0 Å². The lowest BCUT2D eigenvalue weighted by Gasteiger charge is -2.38. The van der Waals surface area contributed by atoms with Crippen molar-refractivity contribution in [1.82, 2.24) is 0 Å². The molecule has 3 aromatic carbocycles. The Balaban J connectivity index is 1.88. The van der Waals surface area contributed by atoms with Crippen LogP contribution in [0, 0.1) is 0 Å². The molecule has 178 valence electrons. The molecule has 4 rings (SSSR count). The Morgan fingerprint density at radius 1 is 1.00 bits per heavy atom. The van der Waals surface area contributed by atoms with Gasteiger partial charge in [0.25, 0.3) is 0 Å². The van der Waals surface area contributed by atoms with Crippen LogP contribution in [0.5, 0.6) is 11.5 Å². The highest BCUT2D eigenvalue weighted by Crippen LogP contribution is 2.44. The highest BCUT2D eigenvalue weighted by Gasteiger charge is 2.36. The van der Waals surface area contributed by atoms with Gasteiger partial charge in [0, 0.05) is 10.7 Å². The maximum Gasteiger partial charge on any atom is 0.232 e. The second-order valence-corrected chi connectivity index (χ2v) is 9.62. The Kier molecular flexibility index (Phi) is 7.18. The first-order valence-corrected chi connectivity index (χ1v) is 12.2. The Hall–Kier alpha value is -2.98. The highest BCUT2D eigenvalue weighted by atomic mass is 35.5. The third-order valence-electron chi connectivity index (χ3n) is 6.52. The summed E-state index contributed by atoms with van der Waals surface area (Å²) in [5.74, 6) is 1.81. The predicted molar refractivity (Wildman–Crippen MR) is 138 cm³/mol. The van der Waals surface area contributed by atoms with E-state index in [1.54, 1.807) is 7.11 Å². The molecule has 3 aromatic rings. The zero-order valence-electron chi connectivity index (χ0n) is 20.5. The summed E-state index contributed by atoms with van der Waals surface area (Å²) in [4.78, 5) is 15.5. The van der Waals surface area contributed by atoms with Crippen LogP contribution in [0.15, 0.2) is 60.7 Å². The zero-order valence-corrected chi connectivity index (χ0v) is 21.2. The fourth-order valence-corrected chi connectivity index (χ4v) is 4.52. The molecule has 4 nitrogen and oxygen atoms in total. The van der Waals surface area contributed by atoms with Crippen molar-refractivity contribution in [2.75, 3.05) is 12.0 Å². The zero-order chi connectivity index (χ0) is 24.4. The molecule has 1 amide bonds. The summed E-state index contributed by atoms with van der Waals surface area (Å²) in [6.07, 6.45) is 1.23. The number of benzene rings is 3. The number of amides is 1. The molecule has 0 spiro atoms. The number of carbonyl (C=O) groups is 1. The summed E-state index contributed by atoms with van der Waals surface area (Å²) >= 11 is 6.20. The third-order valence-corrected chi connectivity index (χ3v) is 6.77. The van der Waals surface area contributed by atoms with E-state index in [1.165, 1.54) is 5.56 Å². The van der Waals surface area contributed by atoms with Gasteiger partial charge in [-0.25, -0.2) is 0 Å². The van der Waals surface area contributed by atoms with Crippen molar-refractivity contribution >= 4 is 23.2 Å². The van der Waals surface area contributed by atoms with Crippen LogP contribution in [-0.4, -0.2) is 19.1 Å². The smallest absolute Gasteiger partial charge is 0.232 e. The van der Waals surface area contributed by atoms with Crippen molar-refractivity contribution in [1.29, 1.82) is 0 Å². The largest absolute Gasteiger partial charge is 0.493 e. The Morgan fingerprint density at radius 2 is 1.68 bits per heavy atom. The van der Waals surface area contributed by atoms with Gasteiger partial charge in [-0.05, 0) is 77.9 Å². The molecule has 0 bridgehead atoms. The third kappa shape index (κ3) is 4.78. The first kappa shape index (κ1) is 24.2. The first-order valence-electron chi connectivity index (χ1n) is 11.9. The van der Waals surface area contributed by atoms with E-state index in [-0.39, 0.29) is 18.1 Å². The van der Waals surface area contributed by atoms with Gasteiger partial charge in [0.1, 0.15) is 0 Å². The topological polar surface area (TPSA) is 38.8 Å². The fourth-order valence-electron chi connectivity index (χ4n) is 4.39. The van der Waals surface area contributed by atoms with E-state index in [9.17, 15) is 4.79 Å². The van der Waals surface area contributed by atoms with E-state index in [1.807, 2.05) is 60.4 Å². The number of anilines is 1. The van der Waals surface area contributed by atoms with E-state index in [2.05, 4.69) is 32.9 Å². The molecule has 1 aliphatic heterocycles. The maximum atomic E-state index is 13.6. The van der Waals surface area contributed by atoms with E-state index >= 15 is 0 Å². The van der Waals surface area contributed by atoms with E-state index in [0.717, 1.165) is 28.8 Å². The van der Waals surface area contributed by atoms with Crippen LogP contribution < -0.4 is 14.4 Å². The van der Waals surface area contributed by atoms with Crippen molar-refractivity contribution in [2.45, 2.75) is 58.6 Å². The molecule has 0 aromatic heterocycles. The number of rotatable bonds is 7. The minimum Gasteiger partial charge on any atom is -0.493 e. The number of halogens is 1. The molecule has 1 heterocycles. The second-order valence-electron chi connectivity index (χ2n) is 9.18. The molecule has 5 heteroatoms. The molecular weight excluding hydrogens is 446 g/mol. The van der Waals surface area contributed by atoms with Gasteiger partial charge < -0.3 is 14.4 Å². The number of hydrogen-bond donors (Lipinski definition) is 0. The van der Waals surface area contributed by atoms with E-state index in [0.29, 0.717) is 28.9 Å².